The van der Waals surface area contributed by atoms with Crippen LogP contribution in [0.3, 0.4) is 0 Å². The molecular weight excluding hydrogens is 312 g/mol. The number of H-pyrrole nitrogens is 1. The van der Waals surface area contributed by atoms with Crippen LogP contribution in [-0.4, -0.2) is 31.5 Å². The molecule has 3 rings (SSSR count). The van der Waals surface area contributed by atoms with Crippen LogP contribution in [0.25, 0.3) is 10.9 Å². The first-order valence-electron chi connectivity index (χ1n) is 8.55. The molecule has 0 aliphatic rings. The Morgan fingerprint density at radius 2 is 1.92 bits per heavy atom. The molecule has 0 bridgehead atoms. The molecule has 1 heterocycles. The minimum atomic E-state index is 0.166. The maximum atomic E-state index is 12.9. The Balaban J connectivity index is 1.79. The molecular formula is C21H25N2O2+. The highest BCUT2D eigenvalue weighted by Crippen LogP contribution is 2.22. The normalized spacial score (nSPS) is 12.3. The standard InChI is InChI=1S/C21H24N2O2/c1-14-9-10-20(25-4)16(11-14)12-23(3)13-19(24)21-15(2)22-18-8-6-5-7-17(18)21/h5-11,22H,12-13H2,1-4H3/p+1. The van der Waals surface area contributed by atoms with Gasteiger partial charge < -0.3 is 14.6 Å². The molecule has 0 amide bonds. The zero-order valence-corrected chi connectivity index (χ0v) is 15.3. The van der Waals surface area contributed by atoms with Gasteiger partial charge in [-0.15, -0.1) is 0 Å². The van der Waals surface area contributed by atoms with E-state index in [1.807, 2.05) is 50.4 Å². The third-order valence-corrected chi connectivity index (χ3v) is 4.56. The summed E-state index contributed by atoms with van der Waals surface area (Å²) in [5.41, 5.74) is 5.09. The number of aromatic nitrogens is 1. The van der Waals surface area contributed by atoms with Crippen LogP contribution in [-0.2, 0) is 6.54 Å². The number of quaternary nitrogens is 1. The van der Waals surface area contributed by atoms with E-state index in [0.717, 1.165) is 44.9 Å². The zero-order chi connectivity index (χ0) is 18.0. The molecule has 1 atom stereocenters. The molecule has 1 aromatic heterocycles. The molecule has 4 heteroatoms. The quantitative estimate of drug-likeness (QED) is 0.680. The Kier molecular flexibility index (Phi) is 4.91. The summed E-state index contributed by atoms with van der Waals surface area (Å²) in [4.78, 5) is 17.3. The predicted molar refractivity (Wildman–Crippen MR) is 101 cm³/mol. The van der Waals surface area contributed by atoms with Crippen molar-refractivity contribution in [1.29, 1.82) is 0 Å². The number of carbonyl (C=O) groups is 1. The number of methoxy groups -OCH3 is 1. The number of aryl methyl sites for hydroxylation is 2. The van der Waals surface area contributed by atoms with Gasteiger partial charge in [0.25, 0.3) is 0 Å². The first kappa shape index (κ1) is 17.2. The van der Waals surface area contributed by atoms with Crippen LogP contribution in [0.2, 0.25) is 0 Å². The molecule has 4 nitrogen and oxygen atoms in total. The van der Waals surface area contributed by atoms with E-state index in [-0.39, 0.29) is 5.78 Å². The van der Waals surface area contributed by atoms with E-state index in [2.05, 4.69) is 18.0 Å². The lowest BCUT2D eigenvalue weighted by Crippen LogP contribution is -3.08. The number of ketones is 1. The average Bonchev–Trinajstić information content (AvgIpc) is 2.90. The number of benzene rings is 2. The van der Waals surface area contributed by atoms with Gasteiger partial charge in [0, 0.05) is 22.2 Å². The van der Waals surface area contributed by atoms with Gasteiger partial charge in [0.15, 0.2) is 0 Å². The number of ether oxygens (including phenoxy) is 1. The molecule has 0 spiro atoms. The smallest absolute Gasteiger partial charge is 0.219 e. The number of para-hydroxylation sites is 1. The largest absolute Gasteiger partial charge is 0.496 e. The average molecular weight is 337 g/mol. The van der Waals surface area contributed by atoms with Crippen LogP contribution in [0.5, 0.6) is 5.75 Å². The number of Topliss-reactive ketones (excluding diaryl/α,β-unsaturated/α-hetero) is 1. The number of aromatic amines is 1. The highest BCUT2D eigenvalue weighted by molar-refractivity contribution is 6.09. The van der Waals surface area contributed by atoms with Gasteiger partial charge in [0.1, 0.15) is 18.8 Å². The van der Waals surface area contributed by atoms with Crippen LogP contribution in [0, 0.1) is 13.8 Å². The van der Waals surface area contributed by atoms with Crippen molar-refractivity contribution in [1.82, 2.24) is 4.98 Å². The lowest BCUT2D eigenvalue weighted by molar-refractivity contribution is -0.884. The van der Waals surface area contributed by atoms with Gasteiger partial charge in [-0.2, -0.15) is 0 Å². The molecule has 3 aromatic rings. The molecule has 1 unspecified atom stereocenters. The molecule has 0 radical (unpaired) electrons. The molecule has 130 valence electrons. The molecule has 0 aliphatic heterocycles. The van der Waals surface area contributed by atoms with Crippen molar-refractivity contribution in [2.24, 2.45) is 0 Å². The maximum absolute atomic E-state index is 12.9. The highest BCUT2D eigenvalue weighted by Gasteiger charge is 2.20. The van der Waals surface area contributed by atoms with Gasteiger partial charge in [0.2, 0.25) is 5.78 Å². The van der Waals surface area contributed by atoms with Crippen molar-refractivity contribution >= 4 is 16.7 Å². The van der Waals surface area contributed by atoms with Crippen LogP contribution in [0.1, 0.15) is 27.2 Å². The van der Waals surface area contributed by atoms with Crippen molar-refractivity contribution < 1.29 is 14.4 Å². The van der Waals surface area contributed by atoms with Gasteiger partial charge in [-0.3, -0.25) is 4.79 Å². The number of hydrogen-bond acceptors (Lipinski definition) is 2. The Morgan fingerprint density at radius 1 is 1.16 bits per heavy atom. The number of fused-ring (bicyclic) bond motifs is 1. The molecule has 0 fully saturated rings. The van der Waals surface area contributed by atoms with Crippen LogP contribution in [0.15, 0.2) is 42.5 Å². The number of hydrogen-bond donors (Lipinski definition) is 2. The van der Waals surface area contributed by atoms with E-state index in [1.165, 1.54) is 5.56 Å². The summed E-state index contributed by atoms with van der Waals surface area (Å²) in [6, 6.07) is 14.1. The second-order valence-electron chi connectivity index (χ2n) is 6.72. The van der Waals surface area contributed by atoms with Crippen LogP contribution in [0.4, 0.5) is 0 Å². The van der Waals surface area contributed by atoms with Crippen molar-refractivity contribution in [3.05, 3.63) is 64.8 Å². The summed E-state index contributed by atoms with van der Waals surface area (Å²) in [5, 5.41) is 1.01. The molecule has 0 saturated heterocycles. The molecule has 2 aromatic carbocycles. The summed E-state index contributed by atoms with van der Waals surface area (Å²) in [6.45, 7) is 5.22. The first-order valence-corrected chi connectivity index (χ1v) is 8.55. The maximum Gasteiger partial charge on any atom is 0.219 e. The Bertz CT molecular complexity index is 911. The SMILES string of the molecule is COc1ccc(C)cc1C[NH+](C)CC(=O)c1c(C)[nH]c2ccccc12. The summed E-state index contributed by atoms with van der Waals surface area (Å²) in [6.07, 6.45) is 0. The van der Waals surface area contributed by atoms with Gasteiger partial charge in [-0.25, -0.2) is 0 Å². The fraction of sp³-hybridized carbons (Fsp3) is 0.286. The number of carbonyl (C=O) groups excluding carboxylic acids is 1. The summed E-state index contributed by atoms with van der Waals surface area (Å²) in [7, 11) is 3.73. The number of likely N-dealkylation sites (N-methyl/N-ethyl adjacent to an activating group) is 1. The third kappa shape index (κ3) is 3.59. The Morgan fingerprint density at radius 3 is 2.68 bits per heavy atom. The minimum Gasteiger partial charge on any atom is -0.496 e. The topological polar surface area (TPSA) is 46.5 Å². The number of rotatable bonds is 6. The van der Waals surface area contributed by atoms with Gasteiger partial charge in [-0.05, 0) is 32.0 Å². The Labute approximate surface area is 148 Å². The summed E-state index contributed by atoms with van der Waals surface area (Å²) < 4.78 is 5.45. The number of nitrogens with one attached hydrogen (secondary N) is 2. The molecule has 25 heavy (non-hydrogen) atoms. The lowest BCUT2D eigenvalue weighted by Gasteiger charge is -2.16. The second-order valence-corrected chi connectivity index (χ2v) is 6.72. The van der Waals surface area contributed by atoms with Crippen molar-refractivity contribution in [2.45, 2.75) is 20.4 Å². The van der Waals surface area contributed by atoms with Gasteiger partial charge >= 0.3 is 0 Å². The summed E-state index contributed by atoms with van der Waals surface area (Å²) in [5.74, 6) is 1.04. The minimum absolute atomic E-state index is 0.166. The highest BCUT2D eigenvalue weighted by atomic mass is 16.5. The van der Waals surface area contributed by atoms with E-state index in [0.29, 0.717) is 6.54 Å². The van der Waals surface area contributed by atoms with Crippen molar-refractivity contribution in [3.8, 4) is 5.75 Å². The van der Waals surface area contributed by atoms with E-state index < -0.39 is 0 Å². The van der Waals surface area contributed by atoms with Gasteiger partial charge in [0.05, 0.1) is 19.7 Å². The Hall–Kier alpha value is -2.59. The summed E-state index contributed by atoms with van der Waals surface area (Å²) >= 11 is 0. The fourth-order valence-electron chi connectivity index (χ4n) is 3.43. The zero-order valence-electron chi connectivity index (χ0n) is 15.3. The fourth-order valence-corrected chi connectivity index (χ4v) is 3.43. The molecule has 0 aliphatic carbocycles. The van der Waals surface area contributed by atoms with E-state index >= 15 is 0 Å². The first-order chi connectivity index (χ1) is 12.0. The van der Waals surface area contributed by atoms with Crippen molar-refractivity contribution in [3.63, 3.8) is 0 Å². The second kappa shape index (κ2) is 7.11. The lowest BCUT2D eigenvalue weighted by atomic mass is 10.1. The van der Waals surface area contributed by atoms with Crippen LogP contribution >= 0.6 is 0 Å². The van der Waals surface area contributed by atoms with Gasteiger partial charge in [-0.1, -0.05) is 29.8 Å². The molecule has 0 saturated carbocycles. The van der Waals surface area contributed by atoms with Crippen molar-refractivity contribution in [2.75, 3.05) is 20.7 Å². The van der Waals surface area contributed by atoms with E-state index in [4.69, 9.17) is 4.74 Å². The third-order valence-electron chi connectivity index (χ3n) is 4.56. The van der Waals surface area contributed by atoms with E-state index in [1.54, 1.807) is 7.11 Å². The monoisotopic (exact) mass is 337 g/mol. The predicted octanol–water partition coefficient (Wildman–Crippen LogP) is 2.69. The van der Waals surface area contributed by atoms with E-state index in [9.17, 15) is 4.79 Å². The van der Waals surface area contributed by atoms with Crippen LogP contribution < -0.4 is 9.64 Å². The molecule has 2 N–H and O–H groups in total.